The molecule has 180 valence electrons. The lowest BCUT2D eigenvalue weighted by molar-refractivity contribution is 0.0940. The normalized spacial score (nSPS) is 12.0. The maximum absolute atomic E-state index is 13.8. The third kappa shape index (κ3) is 5.76. The first kappa shape index (κ1) is 25.0. The van der Waals surface area contributed by atoms with E-state index in [-0.39, 0.29) is 11.7 Å². The first-order valence-electron chi connectivity index (χ1n) is 11.6. The van der Waals surface area contributed by atoms with Gasteiger partial charge in [0.2, 0.25) is 0 Å². The number of H-pyrrole nitrogens is 1. The number of carbonyl (C=O) groups is 2. The first-order valence-corrected chi connectivity index (χ1v) is 12.4. The summed E-state index contributed by atoms with van der Waals surface area (Å²) in [4.78, 5) is 29.6. The second-order valence-corrected chi connectivity index (χ2v) is 9.18. The molecule has 0 bridgehead atoms. The Labute approximate surface area is 214 Å². The van der Waals surface area contributed by atoms with Crippen LogP contribution in [-0.2, 0) is 6.42 Å². The minimum absolute atomic E-state index is 0.0734. The van der Waals surface area contributed by atoms with E-state index in [1.807, 2.05) is 55.5 Å². The first-order chi connectivity index (χ1) is 17.0. The van der Waals surface area contributed by atoms with Crippen LogP contribution in [0, 0.1) is 0 Å². The van der Waals surface area contributed by atoms with Crippen molar-refractivity contribution >= 4 is 45.8 Å². The van der Waals surface area contributed by atoms with E-state index in [1.165, 1.54) is 0 Å². The molecule has 3 N–H and O–H groups in total. The summed E-state index contributed by atoms with van der Waals surface area (Å²) in [6, 6.07) is 19.9. The number of para-hydroxylation sites is 1. The Balaban J connectivity index is 1.60. The van der Waals surface area contributed by atoms with Crippen LogP contribution in [0.15, 0.2) is 72.9 Å². The van der Waals surface area contributed by atoms with Gasteiger partial charge in [-0.2, -0.15) is 0 Å². The number of hydrogen-bond acceptors (Lipinski definition) is 3. The second-order valence-electron chi connectivity index (χ2n) is 8.33. The topological polar surface area (TPSA) is 74.0 Å². The Kier molecular flexibility index (Phi) is 8.24. The molecule has 0 spiro atoms. The third-order valence-corrected chi connectivity index (χ3v) is 6.50. The number of aromatic amines is 1. The number of fused-ring (bicyclic) bond motifs is 1. The summed E-state index contributed by atoms with van der Waals surface area (Å²) in [7, 11) is 0. The highest BCUT2D eigenvalue weighted by Gasteiger charge is 2.25. The molecule has 1 amide bonds. The van der Waals surface area contributed by atoms with Crippen LogP contribution in [0.4, 0.5) is 0 Å². The van der Waals surface area contributed by atoms with Gasteiger partial charge in [0.05, 0.1) is 17.1 Å². The van der Waals surface area contributed by atoms with Crippen molar-refractivity contribution in [2.45, 2.75) is 25.8 Å². The van der Waals surface area contributed by atoms with Crippen molar-refractivity contribution in [2.75, 3.05) is 13.1 Å². The fourth-order valence-electron chi connectivity index (χ4n) is 4.12. The number of ketones is 1. The standard InChI is InChI=1S/C28H27Cl2N3O2/c1-2-14-32-28(35)22-10-6-9-21-23(17-33-26(21)22)27(34)25(19-7-4-3-5-8-19)31-15-13-18-11-12-20(29)16-24(18)30/h3-12,16-17,25,31,33H,2,13-15H2,1H3,(H,32,35). The molecule has 1 atom stereocenters. The van der Waals surface area contributed by atoms with Crippen LogP contribution in [-0.4, -0.2) is 29.8 Å². The lowest BCUT2D eigenvalue weighted by Crippen LogP contribution is -2.30. The van der Waals surface area contributed by atoms with E-state index in [4.69, 9.17) is 23.2 Å². The van der Waals surface area contributed by atoms with E-state index in [9.17, 15) is 9.59 Å². The average Bonchev–Trinajstić information content (AvgIpc) is 3.31. The molecule has 0 radical (unpaired) electrons. The van der Waals surface area contributed by atoms with E-state index < -0.39 is 6.04 Å². The summed E-state index contributed by atoms with van der Waals surface area (Å²) in [5.74, 6) is -0.230. The van der Waals surface area contributed by atoms with Crippen LogP contribution in [0.3, 0.4) is 0 Å². The van der Waals surface area contributed by atoms with Gasteiger partial charge in [0.15, 0.2) is 5.78 Å². The van der Waals surface area contributed by atoms with Crippen molar-refractivity contribution in [3.63, 3.8) is 0 Å². The molecular formula is C28H27Cl2N3O2. The summed E-state index contributed by atoms with van der Waals surface area (Å²) < 4.78 is 0. The van der Waals surface area contributed by atoms with Crippen molar-refractivity contribution in [3.05, 3.63) is 105 Å². The number of amides is 1. The Morgan fingerprint density at radius 3 is 2.49 bits per heavy atom. The minimum Gasteiger partial charge on any atom is -0.360 e. The van der Waals surface area contributed by atoms with E-state index in [1.54, 1.807) is 24.4 Å². The molecule has 1 aromatic heterocycles. The van der Waals surface area contributed by atoms with Crippen LogP contribution in [0.1, 0.15) is 51.2 Å². The number of Topliss-reactive ketones (excluding diaryl/α,β-unsaturated/α-hetero) is 1. The second kappa shape index (κ2) is 11.5. The van der Waals surface area contributed by atoms with Crippen LogP contribution in [0.5, 0.6) is 0 Å². The Morgan fingerprint density at radius 2 is 1.74 bits per heavy atom. The Morgan fingerprint density at radius 1 is 0.943 bits per heavy atom. The summed E-state index contributed by atoms with van der Waals surface area (Å²) >= 11 is 12.3. The molecule has 1 heterocycles. The molecule has 0 fully saturated rings. The van der Waals surface area contributed by atoms with Crippen LogP contribution in [0.25, 0.3) is 10.9 Å². The van der Waals surface area contributed by atoms with Gasteiger partial charge in [0.1, 0.15) is 0 Å². The van der Waals surface area contributed by atoms with E-state index >= 15 is 0 Å². The molecule has 0 aliphatic carbocycles. The Hall–Kier alpha value is -3.12. The molecule has 1 unspecified atom stereocenters. The molecule has 0 saturated heterocycles. The lowest BCUT2D eigenvalue weighted by Gasteiger charge is -2.18. The van der Waals surface area contributed by atoms with Crippen LogP contribution >= 0.6 is 23.2 Å². The number of aromatic nitrogens is 1. The number of hydrogen-bond donors (Lipinski definition) is 3. The maximum Gasteiger partial charge on any atom is 0.253 e. The van der Waals surface area contributed by atoms with Gasteiger partial charge in [-0.05, 0) is 42.2 Å². The zero-order valence-electron chi connectivity index (χ0n) is 19.4. The van der Waals surface area contributed by atoms with Crippen molar-refractivity contribution in [2.24, 2.45) is 0 Å². The fraction of sp³-hybridized carbons (Fsp3) is 0.214. The van der Waals surface area contributed by atoms with E-state index in [0.717, 1.165) is 22.9 Å². The average molecular weight is 508 g/mol. The maximum atomic E-state index is 13.8. The van der Waals surface area contributed by atoms with Crippen molar-refractivity contribution in [1.82, 2.24) is 15.6 Å². The molecule has 4 aromatic rings. The van der Waals surface area contributed by atoms with Gasteiger partial charge in [-0.3, -0.25) is 9.59 Å². The van der Waals surface area contributed by atoms with Gasteiger partial charge < -0.3 is 15.6 Å². The smallest absolute Gasteiger partial charge is 0.253 e. The molecule has 3 aromatic carbocycles. The van der Waals surface area contributed by atoms with Crippen LogP contribution < -0.4 is 10.6 Å². The molecule has 4 rings (SSSR count). The molecular weight excluding hydrogens is 481 g/mol. The summed E-state index contributed by atoms with van der Waals surface area (Å²) in [5.41, 5.74) is 3.54. The third-order valence-electron chi connectivity index (χ3n) is 5.91. The molecule has 7 heteroatoms. The largest absolute Gasteiger partial charge is 0.360 e. The van der Waals surface area contributed by atoms with Crippen molar-refractivity contribution in [3.8, 4) is 0 Å². The minimum atomic E-state index is -0.557. The number of benzene rings is 3. The van der Waals surface area contributed by atoms with Gasteiger partial charge in [-0.25, -0.2) is 0 Å². The molecule has 0 aliphatic heterocycles. The summed E-state index contributed by atoms with van der Waals surface area (Å²) in [6.45, 7) is 3.14. The van der Waals surface area contributed by atoms with Gasteiger partial charge in [-0.15, -0.1) is 0 Å². The molecule has 0 aliphatic rings. The molecule has 5 nitrogen and oxygen atoms in total. The molecule has 35 heavy (non-hydrogen) atoms. The van der Waals surface area contributed by atoms with Crippen LogP contribution in [0.2, 0.25) is 10.0 Å². The number of halogens is 2. The predicted molar refractivity (Wildman–Crippen MR) is 143 cm³/mol. The van der Waals surface area contributed by atoms with E-state index in [2.05, 4.69) is 15.6 Å². The monoisotopic (exact) mass is 507 g/mol. The van der Waals surface area contributed by atoms with Gasteiger partial charge >= 0.3 is 0 Å². The van der Waals surface area contributed by atoms with Gasteiger partial charge in [0, 0.05) is 40.3 Å². The SMILES string of the molecule is CCCNC(=O)c1cccc2c(C(=O)C(NCCc3ccc(Cl)cc3Cl)c3ccccc3)c[nH]c12. The molecule has 0 saturated carbocycles. The van der Waals surface area contributed by atoms with Crippen molar-refractivity contribution < 1.29 is 9.59 Å². The Bertz CT molecular complexity index is 1330. The highest BCUT2D eigenvalue weighted by atomic mass is 35.5. The summed E-state index contributed by atoms with van der Waals surface area (Å²) in [5, 5.41) is 8.23. The lowest BCUT2D eigenvalue weighted by atomic mass is 9.96. The fourth-order valence-corrected chi connectivity index (χ4v) is 4.62. The quantitative estimate of drug-likeness (QED) is 0.218. The number of carbonyl (C=O) groups excluding carboxylic acids is 2. The van der Waals surface area contributed by atoms with Crippen molar-refractivity contribution in [1.29, 1.82) is 0 Å². The summed E-state index contributed by atoms with van der Waals surface area (Å²) in [6.07, 6.45) is 3.18. The van der Waals surface area contributed by atoms with Gasteiger partial charge in [0.25, 0.3) is 5.91 Å². The highest BCUT2D eigenvalue weighted by Crippen LogP contribution is 2.27. The number of rotatable bonds is 10. The number of nitrogens with one attached hydrogen (secondary N) is 3. The zero-order valence-corrected chi connectivity index (χ0v) is 20.9. The predicted octanol–water partition coefficient (Wildman–Crippen LogP) is 6.37. The highest BCUT2D eigenvalue weighted by molar-refractivity contribution is 6.35. The van der Waals surface area contributed by atoms with Gasteiger partial charge in [-0.1, -0.05) is 78.7 Å². The van der Waals surface area contributed by atoms with E-state index in [0.29, 0.717) is 46.2 Å². The zero-order chi connectivity index (χ0) is 24.8.